The Balaban J connectivity index is 0.00000289. The number of sulfonamides is 1. The Morgan fingerprint density at radius 3 is 2.50 bits per heavy atom. The van der Waals surface area contributed by atoms with Gasteiger partial charge in [-0.2, -0.15) is 0 Å². The fourth-order valence-corrected chi connectivity index (χ4v) is 3.17. The monoisotopic (exact) mass is 356 g/mol. The molecule has 0 radical (unpaired) electrons. The molecule has 0 aliphatic carbocycles. The summed E-state index contributed by atoms with van der Waals surface area (Å²) in [6, 6.07) is 5.12. The Hall–Kier alpha value is -0.140. The molecular formula is C11H18BrClN2O2S. The second kappa shape index (κ2) is 8.12. The number of halogens is 2. The van der Waals surface area contributed by atoms with E-state index in [1.807, 2.05) is 6.92 Å². The topological polar surface area (TPSA) is 58.2 Å². The van der Waals surface area contributed by atoms with Crippen LogP contribution in [0.1, 0.15) is 12.5 Å². The van der Waals surface area contributed by atoms with E-state index < -0.39 is 10.0 Å². The van der Waals surface area contributed by atoms with E-state index in [0.717, 1.165) is 16.6 Å². The molecule has 1 aromatic carbocycles. The first-order chi connectivity index (χ1) is 7.97. The van der Waals surface area contributed by atoms with E-state index in [9.17, 15) is 8.42 Å². The molecule has 0 aliphatic rings. The van der Waals surface area contributed by atoms with Crippen LogP contribution in [0.3, 0.4) is 0 Å². The van der Waals surface area contributed by atoms with Gasteiger partial charge in [-0.1, -0.05) is 22.9 Å². The van der Waals surface area contributed by atoms with Gasteiger partial charge < -0.3 is 5.32 Å². The Kier molecular flexibility index (Phi) is 8.05. The van der Waals surface area contributed by atoms with Crippen molar-refractivity contribution in [1.29, 1.82) is 0 Å². The minimum absolute atomic E-state index is 0. The molecule has 0 saturated carbocycles. The standard InChI is InChI=1S/C11H17BrN2O2S.ClH/c1-3-13-6-7-14-17(15,16)11-5-4-10(12)8-9(11)2;/h4-5,8,13-14H,3,6-7H2,1-2H3;1H. The highest BCUT2D eigenvalue weighted by atomic mass is 79.9. The van der Waals surface area contributed by atoms with Crippen LogP contribution in [0, 0.1) is 6.92 Å². The lowest BCUT2D eigenvalue weighted by molar-refractivity contribution is 0.577. The predicted molar refractivity (Wildman–Crippen MR) is 79.9 cm³/mol. The lowest BCUT2D eigenvalue weighted by atomic mass is 10.2. The van der Waals surface area contributed by atoms with Gasteiger partial charge in [-0.25, -0.2) is 13.1 Å². The lowest BCUT2D eigenvalue weighted by Gasteiger charge is -2.09. The molecule has 0 fully saturated rings. The second-order valence-electron chi connectivity index (χ2n) is 3.66. The molecule has 1 aromatic rings. The number of aryl methyl sites for hydroxylation is 1. The molecule has 7 heteroatoms. The highest BCUT2D eigenvalue weighted by Gasteiger charge is 2.15. The summed E-state index contributed by atoms with van der Waals surface area (Å²) < 4.78 is 27.4. The highest BCUT2D eigenvalue weighted by molar-refractivity contribution is 9.10. The minimum atomic E-state index is -3.40. The summed E-state index contributed by atoms with van der Waals surface area (Å²) in [7, 11) is -3.40. The van der Waals surface area contributed by atoms with E-state index >= 15 is 0 Å². The fourth-order valence-electron chi connectivity index (χ4n) is 1.44. The number of rotatable bonds is 6. The Labute approximate surface area is 123 Å². The van der Waals surface area contributed by atoms with E-state index in [2.05, 4.69) is 26.0 Å². The van der Waals surface area contributed by atoms with Gasteiger partial charge in [0.1, 0.15) is 0 Å². The number of hydrogen-bond acceptors (Lipinski definition) is 3. The van der Waals surface area contributed by atoms with Crippen LogP contribution in [0.4, 0.5) is 0 Å². The summed E-state index contributed by atoms with van der Waals surface area (Å²) in [5.74, 6) is 0. The molecule has 0 atom stereocenters. The second-order valence-corrected chi connectivity index (χ2v) is 6.31. The largest absolute Gasteiger partial charge is 0.316 e. The van der Waals surface area contributed by atoms with E-state index in [1.165, 1.54) is 0 Å². The first-order valence-corrected chi connectivity index (χ1v) is 7.71. The first-order valence-electron chi connectivity index (χ1n) is 5.44. The molecule has 0 aromatic heterocycles. The van der Waals surface area contributed by atoms with E-state index in [1.54, 1.807) is 25.1 Å². The summed E-state index contributed by atoms with van der Waals surface area (Å²) in [4.78, 5) is 0.331. The van der Waals surface area contributed by atoms with Crippen molar-refractivity contribution in [1.82, 2.24) is 10.0 Å². The summed E-state index contributed by atoms with van der Waals surface area (Å²) in [6.07, 6.45) is 0. The van der Waals surface area contributed by atoms with Gasteiger partial charge in [-0.05, 0) is 37.2 Å². The van der Waals surface area contributed by atoms with Crippen molar-refractivity contribution >= 4 is 38.4 Å². The summed E-state index contributed by atoms with van der Waals surface area (Å²) in [5.41, 5.74) is 0.732. The summed E-state index contributed by atoms with van der Waals surface area (Å²) in [5, 5.41) is 3.06. The molecule has 2 N–H and O–H groups in total. The van der Waals surface area contributed by atoms with Gasteiger partial charge in [0, 0.05) is 17.6 Å². The van der Waals surface area contributed by atoms with Crippen molar-refractivity contribution < 1.29 is 8.42 Å². The Morgan fingerprint density at radius 2 is 1.94 bits per heavy atom. The van der Waals surface area contributed by atoms with Gasteiger partial charge in [-0.15, -0.1) is 12.4 Å². The molecule has 104 valence electrons. The molecule has 1 rings (SSSR count). The van der Waals surface area contributed by atoms with E-state index in [-0.39, 0.29) is 12.4 Å². The number of nitrogens with one attached hydrogen (secondary N) is 2. The van der Waals surface area contributed by atoms with Crippen molar-refractivity contribution in [2.75, 3.05) is 19.6 Å². The zero-order valence-electron chi connectivity index (χ0n) is 10.4. The van der Waals surface area contributed by atoms with Crippen LogP contribution in [-0.2, 0) is 10.0 Å². The van der Waals surface area contributed by atoms with Crippen LogP contribution in [-0.4, -0.2) is 28.1 Å². The van der Waals surface area contributed by atoms with Gasteiger partial charge >= 0.3 is 0 Å². The Bertz CT molecular complexity index is 480. The quantitative estimate of drug-likeness (QED) is 0.766. The SMILES string of the molecule is CCNCCNS(=O)(=O)c1ccc(Br)cc1C.Cl. The molecule has 0 aliphatic heterocycles. The average molecular weight is 358 g/mol. The van der Waals surface area contributed by atoms with Crippen LogP contribution >= 0.6 is 28.3 Å². The third-order valence-corrected chi connectivity index (χ3v) is 4.38. The maximum Gasteiger partial charge on any atom is 0.240 e. The number of likely N-dealkylation sites (N-methyl/N-ethyl adjacent to an activating group) is 1. The van der Waals surface area contributed by atoms with Crippen LogP contribution in [0.2, 0.25) is 0 Å². The molecule has 0 saturated heterocycles. The van der Waals surface area contributed by atoms with Crippen molar-refractivity contribution in [2.45, 2.75) is 18.7 Å². The minimum Gasteiger partial charge on any atom is -0.316 e. The van der Waals surface area contributed by atoms with Gasteiger partial charge in [0.25, 0.3) is 0 Å². The van der Waals surface area contributed by atoms with Gasteiger partial charge in [0.15, 0.2) is 0 Å². The van der Waals surface area contributed by atoms with Crippen LogP contribution < -0.4 is 10.0 Å². The van der Waals surface area contributed by atoms with Gasteiger partial charge in [-0.3, -0.25) is 0 Å². The molecular weight excluding hydrogens is 340 g/mol. The molecule has 4 nitrogen and oxygen atoms in total. The Morgan fingerprint density at radius 1 is 1.28 bits per heavy atom. The molecule has 18 heavy (non-hydrogen) atoms. The zero-order valence-corrected chi connectivity index (χ0v) is 13.6. The molecule has 0 unspecified atom stereocenters. The number of hydrogen-bond donors (Lipinski definition) is 2. The number of benzene rings is 1. The molecule has 0 spiro atoms. The maximum atomic E-state index is 12.0. The summed E-state index contributed by atoms with van der Waals surface area (Å²) >= 11 is 3.31. The predicted octanol–water partition coefficient (Wildman–Crippen LogP) is 2.07. The average Bonchev–Trinajstić information content (AvgIpc) is 2.24. The zero-order chi connectivity index (χ0) is 12.9. The maximum absolute atomic E-state index is 12.0. The molecule has 0 heterocycles. The van der Waals surface area contributed by atoms with E-state index in [0.29, 0.717) is 18.0 Å². The highest BCUT2D eigenvalue weighted by Crippen LogP contribution is 2.19. The third-order valence-electron chi connectivity index (χ3n) is 2.27. The summed E-state index contributed by atoms with van der Waals surface area (Å²) in [6.45, 7) is 5.62. The smallest absolute Gasteiger partial charge is 0.240 e. The lowest BCUT2D eigenvalue weighted by Crippen LogP contribution is -2.32. The van der Waals surface area contributed by atoms with E-state index in [4.69, 9.17) is 0 Å². The van der Waals surface area contributed by atoms with Crippen LogP contribution in [0.5, 0.6) is 0 Å². The van der Waals surface area contributed by atoms with Crippen molar-refractivity contribution in [3.05, 3.63) is 28.2 Å². The van der Waals surface area contributed by atoms with Crippen molar-refractivity contribution in [3.8, 4) is 0 Å². The third kappa shape index (κ3) is 5.24. The first kappa shape index (κ1) is 17.9. The van der Waals surface area contributed by atoms with Gasteiger partial charge in [0.2, 0.25) is 10.0 Å². The normalized spacial score (nSPS) is 11.1. The van der Waals surface area contributed by atoms with Gasteiger partial charge in [0.05, 0.1) is 4.90 Å². The molecule has 0 bridgehead atoms. The van der Waals surface area contributed by atoms with Crippen molar-refractivity contribution in [2.24, 2.45) is 0 Å². The fraction of sp³-hybridized carbons (Fsp3) is 0.455. The van der Waals surface area contributed by atoms with Crippen molar-refractivity contribution in [3.63, 3.8) is 0 Å². The van der Waals surface area contributed by atoms with Crippen LogP contribution in [0.25, 0.3) is 0 Å². The van der Waals surface area contributed by atoms with Crippen LogP contribution in [0.15, 0.2) is 27.6 Å². The molecule has 0 amide bonds.